The van der Waals surface area contributed by atoms with E-state index in [9.17, 15) is 5.11 Å². The molecular weight excluding hydrogens is 412 g/mol. The number of likely N-dealkylation sites (N-methyl/N-ethyl adjacent to an activating group) is 1. The maximum Gasteiger partial charge on any atom is 0.231 e. The number of ether oxygens (including phenoxy) is 1. The minimum atomic E-state index is -1.18. The first-order chi connectivity index (χ1) is 16.0. The van der Waals surface area contributed by atoms with Gasteiger partial charge in [-0.25, -0.2) is 4.98 Å². The van der Waals surface area contributed by atoms with Gasteiger partial charge in [-0.1, -0.05) is 79.9 Å². The fourth-order valence-corrected chi connectivity index (χ4v) is 4.89. The Hall–Kier alpha value is -2.47. The van der Waals surface area contributed by atoms with Gasteiger partial charge < -0.3 is 18.7 Å². The number of aliphatic hydroxyl groups is 1. The molecule has 4 rings (SSSR count). The molecule has 176 valence electrons. The van der Waals surface area contributed by atoms with Crippen molar-refractivity contribution in [1.82, 2.24) is 4.98 Å². The number of quaternary nitrogens is 1. The summed E-state index contributed by atoms with van der Waals surface area (Å²) in [6.45, 7) is 2.87. The number of rotatable bonds is 10. The normalized spacial score (nSPS) is 17.1. The monoisotopic (exact) mass is 449 g/mol. The highest BCUT2D eigenvalue weighted by Gasteiger charge is 2.44. The highest BCUT2D eigenvalue weighted by atomic mass is 16.5. The molecule has 3 aromatic rings. The average Bonchev–Trinajstić information content (AvgIpc) is 3.31. The molecule has 2 aromatic carbocycles. The summed E-state index contributed by atoms with van der Waals surface area (Å²) in [5, 5.41) is 12.0. The van der Waals surface area contributed by atoms with E-state index in [4.69, 9.17) is 14.1 Å². The summed E-state index contributed by atoms with van der Waals surface area (Å²) in [5.41, 5.74) is 1.74. The number of hydrogen-bond donors (Lipinski definition) is 1. The van der Waals surface area contributed by atoms with E-state index in [1.165, 1.54) is 12.0 Å². The van der Waals surface area contributed by atoms with Crippen molar-refractivity contribution in [3.63, 3.8) is 0 Å². The predicted molar refractivity (Wildman–Crippen MR) is 129 cm³/mol. The minimum absolute atomic E-state index is 0.119. The van der Waals surface area contributed by atoms with E-state index in [0.717, 1.165) is 48.0 Å². The molecule has 1 aromatic heterocycles. The van der Waals surface area contributed by atoms with Gasteiger partial charge in [0.05, 0.1) is 27.3 Å². The lowest BCUT2D eigenvalue weighted by molar-refractivity contribution is -0.904. The lowest BCUT2D eigenvalue weighted by atomic mass is 9.73. The zero-order valence-electron chi connectivity index (χ0n) is 20.0. The van der Waals surface area contributed by atoms with Gasteiger partial charge in [0, 0.05) is 5.92 Å². The molecule has 5 heteroatoms. The van der Waals surface area contributed by atoms with Gasteiger partial charge in [-0.2, -0.15) is 0 Å². The molecule has 1 heterocycles. The molecule has 1 saturated carbocycles. The second-order valence-electron chi connectivity index (χ2n) is 9.97. The highest BCUT2D eigenvalue weighted by Crippen LogP contribution is 2.43. The van der Waals surface area contributed by atoms with Crippen LogP contribution in [0.5, 0.6) is 0 Å². The summed E-state index contributed by atoms with van der Waals surface area (Å²) in [6.07, 6.45) is 7.21. The third-order valence-electron chi connectivity index (χ3n) is 6.83. The van der Waals surface area contributed by atoms with Crippen LogP contribution < -0.4 is 0 Å². The van der Waals surface area contributed by atoms with Gasteiger partial charge in [0.15, 0.2) is 5.60 Å². The SMILES string of the molecule is C[N+](C)(CCOCc1ccccc1)Cc1coc([C@](O)(c2ccccc2)C2CCCCC2)n1. The van der Waals surface area contributed by atoms with Crippen molar-refractivity contribution in [3.05, 3.63) is 89.6 Å². The fraction of sp³-hybridized carbons (Fsp3) is 0.464. The first-order valence-electron chi connectivity index (χ1n) is 12.1. The van der Waals surface area contributed by atoms with Crippen LogP contribution in [-0.4, -0.2) is 41.8 Å². The van der Waals surface area contributed by atoms with E-state index in [-0.39, 0.29) is 5.92 Å². The van der Waals surface area contributed by atoms with Gasteiger partial charge in [0.25, 0.3) is 0 Å². The molecule has 1 aliphatic rings. The molecule has 1 aliphatic carbocycles. The molecular formula is C28H37N2O3+. The lowest BCUT2D eigenvalue weighted by Gasteiger charge is -2.36. The maximum absolute atomic E-state index is 12.0. The van der Waals surface area contributed by atoms with Gasteiger partial charge in [-0.05, 0) is 24.0 Å². The topological polar surface area (TPSA) is 55.5 Å². The lowest BCUT2D eigenvalue weighted by Crippen LogP contribution is -2.42. The van der Waals surface area contributed by atoms with Crippen molar-refractivity contribution in [1.29, 1.82) is 0 Å². The van der Waals surface area contributed by atoms with Crippen LogP contribution >= 0.6 is 0 Å². The molecule has 1 atom stereocenters. The molecule has 0 saturated heterocycles. The van der Waals surface area contributed by atoms with Gasteiger partial charge in [-0.3, -0.25) is 0 Å². The van der Waals surface area contributed by atoms with Crippen LogP contribution in [0, 0.1) is 5.92 Å². The maximum atomic E-state index is 12.0. The zero-order valence-corrected chi connectivity index (χ0v) is 20.0. The van der Waals surface area contributed by atoms with Crippen LogP contribution in [0.1, 0.15) is 54.8 Å². The Balaban J connectivity index is 1.42. The second kappa shape index (κ2) is 10.6. The number of aromatic nitrogens is 1. The summed E-state index contributed by atoms with van der Waals surface area (Å²) in [4.78, 5) is 4.82. The molecule has 0 bridgehead atoms. The van der Waals surface area contributed by atoms with E-state index in [2.05, 4.69) is 26.2 Å². The summed E-state index contributed by atoms with van der Waals surface area (Å²) < 4.78 is 12.6. The Bertz CT molecular complexity index is 981. The molecule has 0 spiro atoms. The van der Waals surface area contributed by atoms with Gasteiger partial charge >= 0.3 is 0 Å². The van der Waals surface area contributed by atoms with Crippen molar-refractivity contribution < 1.29 is 18.7 Å². The predicted octanol–water partition coefficient (Wildman–Crippen LogP) is 5.28. The van der Waals surface area contributed by atoms with Crippen LogP contribution in [0.4, 0.5) is 0 Å². The van der Waals surface area contributed by atoms with E-state index >= 15 is 0 Å². The number of hydrogen-bond acceptors (Lipinski definition) is 4. The fourth-order valence-electron chi connectivity index (χ4n) is 4.89. The van der Waals surface area contributed by atoms with Crippen molar-refractivity contribution in [2.45, 2.75) is 50.9 Å². The van der Waals surface area contributed by atoms with E-state index in [1.807, 2.05) is 48.5 Å². The molecule has 33 heavy (non-hydrogen) atoms. The minimum Gasteiger partial charge on any atom is -0.445 e. The smallest absolute Gasteiger partial charge is 0.231 e. The van der Waals surface area contributed by atoms with Crippen molar-refractivity contribution in [3.8, 4) is 0 Å². The van der Waals surface area contributed by atoms with Gasteiger partial charge in [0.2, 0.25) is 5.89 Å². The Kier molecular flexibility index (Phi) is 7.63. The quantitative estimate of drug-likeness (QED) is 0.338. The molecule has 0 aliphatic heterocycles. The average molecular weight is 450 g/mol. The summed E-state index contributed by atoms with van der Waals surface area (Å²) in [5.74, 6) is 0.546. The Morgan fingerprint density at radius 2 is 1.67 bits per heavy atom. The van der Waals surface area contributed by atoms with Crippen LogP contribution in [0.3, 0.4) is 0 Å². The van der Waals surface area contributed by atoms with E-state index in [0.29, 0.717) is 25.6 Å². The van der Waals surface area contributed by atoms with Gasteiger partial charge in [-0.15, -0.1) is 0 Å². The number of oxazole rings is 1. The largest absolute Gasteiger partial charge is 0.445 e. The van der Waals surface area contributed by atoms with E-state index < -0.39 is 5.60 Å². The Morgan fingerprint density at radius 3 is 2.36 bits per heavy atom. The first kappa shape index (κ1) is 23.7. The standard InChI is InChI=1S/C28H37N2O3/c1-30(2,18-19-32-21-23-12-6-3-7-13-23)20-26-22-33-27(29-26)28(31,24-14-8-4-9-15-24)25-16-10-5-11-17-25/h3-4,6-9,12-15,22,25,31H,5,10-11,16-21H2,1-2H3/q+1/t28-/m0/s1. The van der Waals surface area contributed by atoms with Crippen LogP contribution in [0.15, 0.2) is 71.3 Å². The van der Waals surface area contributed by atoms with Crippen molar-refractivity contribution in [2.24, 2.45) is 5.92 Å². The Labute approximate surface area is 197 Å². The van der Waals surface area contributed by atoms with E-state index in [1.54, 1.807) is 6.26 Å². The van der Waals surface area contributed by atoms with Crippen molar-refractivity contribution in [2.75, 3.05) is 27.2 Å². The third-order valence-corrected chi connectivity index (χ3v) is 6.83. The number of benzene rings is 2. The summed E-state index contributed by atoms with van der Waals surface area (Å²) >= 11 is 0. The summed E-state index contributed by atoms with van der Waals surface area (Å²) in [6, 6.07) is 20.1. The van der Waals surface area contributed by atoms with Crippen molar-refractivity contribution >= 4 is 0 Å². The molecule has 5 nitrogen and oxygen atoms in total. The molecule has 1 N–H and O–H groups in total. The van der Waals surface area contributed by atoms with Crippen LogP contribution in [-0.2, 0) is 23.5 Å². The number of nitrogens with zero attached hydrogens (tertiary/aromatic N) is 2. The Morgan fingerprint density at radius 1 is 1.00 bits per heavy atom. The molecule has 0 amide bonds. The third kappa shape index (κ3) is 5.91. The molecule has 0 unspecified atom stereocenters. The van der Waals surface area contributed by atoms with Crippen LogP contribution in [0.25, 0.3) is 0 Å². The van der Waals surface area contributed by atoms with Crippen LogP contribution in [0.2, 0.25) is 0 Å². The molecule has 1 fully saturated rings. The van der Waals surface area contributed by atoms with Gasteiger partial charge in [0.1, 0.15) is 25.0 Å². The molecule has 0 radical (unpaired) electrons. The summed E-state index contributed by atoms with van der Waals surface area (Å²) in [7, 11) is 4.34. The first-order valence-corrected chi connectivity index (χ1v) is 12.1. The zero-order chi connectivity index (χ0) is 23.2. The second-order valence-corrected chi connectivity index (χ2v) is 9.97. The highest BCUT2D eigenvalue weighted by molar-refractivity contribution is 5.30.